The van der Waals surface area contributed by atoms with Crippen LogP contribution in [0.15, 0.2) is 41.6 Å². The van der Waals surface area contributed by atoms with E-state index >= 15 is 0 Å². The molecule has 2 aromatic rings. The van der Waals surface area contributed by atoms with Crippen LogP contribution in [-0.4, -0.2) is 62.7 Å². The molecule has 1 fully saturated rings. The molecule has 2 aromatic heterocycles. The number of piperidine rings is 1. The number of allylic oxidation sites excluding steroid dienone is 2. The van der Waals surface area contributed by atoms with Crippen molar-refractivity contribution in [1.82, 2.24) is 30.3 Å². The summed E-state index contributed by atoms with van der Waals surface area (Å²) in [7, 11) is 0. The van der Waals surface area contributed by atoms with Crippen molar-refractivity contribution in [1.29, 1.82) is 0 Å². The predicted octanol–water partition coefficient (Wildman–Crippen LogP) is 4.57. The number of nitrogens with one attached hydrogen (secondary N) is 2. The summed E-state index contributed by atoms with van der Waals surface area (Å²) >= 11 is 0. The number of halogens is 2. The number of aromatic amines is 1. The Labute approximate surface area is 204 Å². The molecule has 35 heavy (non-hydrogen) atoms. The number of likely N-dealkylation sites (tertiary alicyclic amines) is 1. The molecule has 0 saturated carbocycles. The number of carbonyl (C=O) groups is 1. The third-order valence-corrected chi connectivity index (χ3v) is 7.26. The van der Waals surface area contributed by atoms with E-state index in [4.69, 9.17) is 0 Å². The molecular weight excluding hydrogens is 450 g/mol. The Morgan fingerprint density at radius 3 is 2.94 bits per heavy atom. The van der Waals surface area contributed by atoms with E-state index in [2.05, 4.69) is 20.5 Å². The summed E-state index contributed by atoms with van der Waals surface area (Å²) in [6.07, 6.45) is 6.29. The molecule has 5 rings (SSSR count). The summed E-state index contributed by atoms with van der Waals surface area (Å²) in [6.45, 7) is 6.58. The number of hydrogen-bond acceptors (Lipinski definition) is 4. The summed E-state index contributed by atoms with van der Waals surface area (Å²) in [6, 6.07) is 3.81. The second kappa shape index (κ2) is 9.53. The van der Waals surface area contributed by atoms with Crippen LogP contribution in [0.5, 0.6) is 0 Å². The molecule has 186 valence electrons. The Bertz CT molecular complexity index is 1190. The summed E-state index contributed by atoms with van der Waals surface area (Å²) in [5, 5.41) is 10.9. The van der Waals surface area contributed by atoms with E-state index in [1.165, 1.54) is 6.08 Å². The Kier molecular flexibility index (Phi) is 6.44. The fourth-order valence-electron chi connectivity index (χ4n) is 5.43. The van der Waals surface area contributed by atoms with Gasteiger partial charge < -0.3 is 10.2 Å². The number of amides is 2. The lowest BCUT2D eigenvalue weighted by atomic mass is 9.90. The molecule has 1 aliphatic carbocycles. The number of pyridine rings is 1. The molecule has 7 nitrogen and oxygen atoms in total. The fraction of sp³-hybridized carbons (Fsp3) is 0.500. The van der Waals surface area contributed by atoms with Crippen LogP contribution in [-0.2, 0) is 13.0 Å². The Balaban J connectivity index is 1.26. The van der Waals surface area contributed by atoms with Gasteiger partial charge in [0.1, 0.15) is 11.7 Å². The van der Waals surface area contributed by atoms with E-state index in [0.29, 0.717) is 32.5 Å². The molecule has 0 bridgehead atoms. The second-order valence-electron chi connectivity index (χ2n) is 10.2. The van der Waals surface area contributed by atoms with Gasteiger partial charge in [-0.05, 0) is 57.9 Å². The number of hydrogen-bond donors (Lipinski definition) is 2. The molecule has 0 radical (unpaired) electrons. The summed E-state index contributed by atoms with van der Waals surface area (Å²) in [5.41, 5.74) is 4.55. The lowest BCUT2D eigenvalue weighted by molar-refractivity contribution is 0.128. The van der Waals surface area contributed by atoms with Crippen LogP contribution in [0.1, 0.15) is 49.6 Å². The fourth-order valence-corrected chi connectivity index (χ4v) is 5.43. The largest absolute Gasteiger partial charge is 0.332 e. The number of fused-ring (bicyclic) bond motifs is 1. The lowest BCUT2D eigenvalue weighted by Crippen LogP contribution is -2.59. The molecule has 0 aromatic carbocycles. The van der Waals surface area contributed by atoms with Crippen molar-refractivity contribution >= 4 is 6.03 Å². The molecule has 3 aliphatic rings. The average Bonchev–Trinajstić information content (AvgIpc) is 3.25. The summed E-state index contributed by atoms with van der Waals surface area (Å²) < 4.78 is 28.5. The quantitative estimate of drug-likeness (QED) is 0.669. The number of H-pyrrole nitrogens is 1. The standard InChI is InChI=1S/C26H32F2N6O/c1-17-13-18(7-10-29-17)24-20-15-34(12-8-23(20)31-32-24)25(35)30-26(2)9-4-11-33(16-26)14-19-21(27)5-3-6-22(19)28/h5,7,10,13H,3-4,6,8-9,11-12,14-16H2,1-2H3,(H,30,35)(H,31,32). The molecule has 2 N–H and O–H groups in total. The minimum absolute atomic E-state index is 0.118. The number of aryl methyl sites for hydroxylation is 1. The minimum atomic E-state index is -0.469. The maximum absolute atomic E-state index is 14.3. The van der Waals surface area contributed by atoms with Crippen LogP contribution in [0.4, 0.5) is 13.6 Å². The van der Waals surface area contributed by atoms with Crippen molar-refractivity contribution in [3.05, 3.63) is 58.6 Å². The highest BCUT2D eigenvalue weighted by Crippen LogP contribution is 2.31. The van der Waals surface area contributed by atoms with Gasteiger partial charge in [0.2, 0.25) is 0 Å². The normalized spacial score (nSPS) is 23.2. The molecule has 2 amide bonds. The van der Waals surface area contributed by atoms with Crippen LogP contribution in [0, 0.1) is 6.92 Å². The Morgan fingerprint density at radius 1 is 1.29 bits per heavy atom. The van der Waals surface area contributed by atoms with Gasteiger partial charge >= 0.3 is 6.03 Å². The number of urea groups is 1. The highest BCUT2D eigenvalue weighted by Gasteiger charge is 2.36. The van der Waals surface area contributed by atoms with Crippen molar-refractivity contribution in [2.75, 3.05) is 26.2 Å². The molecule has 0 spiro atoms. The van der Waals surface area contributed by atoms with Gasteiger partial charge in [-0.15, -0.1) is 0 Å². The minimum Gasteiger partial charge on any atom is -0.332 e. The summed E-state index contributed by atoms with van der Waals surface area (Å²) in [4.78, 5) is 21.5. The monoisotopic (exact) mass is 482 g/mol. The van der Waals surface area contributed by atoms with Crippen LogP contribution in [0.2, 0.25) is 0 Å². The van der Waals surface area contributed by atoms with E-state index in [1.54, 1.807) is 6.20 Å². The molecule has 9 heteroatoms. The number of nitrogens with zero attached hydrogens (tertiary/aromatic N) is 4. The van der Waals surface area contributed by atoms with Crippen molar-refractivity contribution in [2.45, 2.75) is 58.0 Å². The van der Waals surface area contributed by atoms with E-state index < -0.39 is 11.4 Å². The van der Waals surface area contributed by atoms with Gasteiger partial charge in [-0.1, -0.05) is 0 Å². The molecule has 1 unspecified atom stereocenters. The van der Waals surface area contributed by atoms with Crippen LogP contribution >= 0.6 is 0 Å². The predicted molar refractivity (Wildman–Crippen MR) is 130 cm³/mol. The maximum Gasteiger partial charge on any atom is 0.318 e. The Morgan fingerprint density at radius 2 is 2.14 bits per heavy atom. The van der Waals surface area contributed by atoms with E-state index in [-0.39, 0.29) is 30.4 Å². The maximum atomic E-state index is 14.3. The zero-order valence-electron chi connectivity index (χ0n) is 20.3. The van der Waals surface area contributed by atoms with Gasteiger partial charge in [0.05, 0.1) is 17.8 Å². The van der Waals surface area contributed by atoms with Gasteiger partial charge in [-0.3, -0.25) is 15.0 Å². The second-order valence-corrected chi connectivity index (χ2v) is 10.2. The van der Waals surface area contributed by atoms with Gasteiger partial charge in [0.25, 0.3) is 0 Å². The Hall–Kier alpha value is -3.07. The van der Waals surface area contributed by atoms with Gasteiger partial charge in [-0.2, -0.15) is 5.10 Å². The molecular formula is C26H32F2N6O. The van der Waals surface area contributed by atoms with Crippen molar-refractivity contribution in [3.8, 4) is 11.3 Å². The number of carbonyl (C=O) groups excluding carboxylic acids is 1. The molecule has 1 atom stereocenters. The first-order valence-electron chi connectivity index (χ1n) is 12.3. The van der Waals surface area contributed by atoms with E-state index in [9.17, 15) is 13.6 Å². The smallest absolute Gasteiger partial charge is 0.318 e. The average molecular weight is 483 g/mol. The molecule has 2 aliphatic heterocycles. The number of rotatable bonds is 4. The molecule has 1 saturated heterocycles. The lowest BCUT2D eigenvalue weighted by Gasteiger charge is -2.42. The van der Waals surface area contributed by atoms with Crippen LogP contribution < -0.4 is 5.32 Å². The topological polar surface area (TPSA) is 77.2 Å². The van der Waals surface area contributed by atoms with Gasteiger partial charge in [0, 0.05) is 66.8 Å². The first kappa shape index (κ1) is 23.7. The SMILES string of the molecule is Cc1cc(-c2n[nH]c3c2CN(C(=O)NC2(C)CCCN(CC4=C(F)CCC=C4F)C2)CC3)ccn1. The van der Waals surface area contributed by atoms with Crippen molar-refractivity contribution in [3.63, 3.8) is 0 Å². The van der Waals surface area contributed by atoms with Gasteiger partial charge in [-0.25, -0.2) is 13.6 Å². The highest BCUT2D eigenvalue weighted by atomic mass is 19.1. The zero-order valence-corrected chi connectivity index (χ0v) is 20.3. The highest BCUT2D eigenvalue weighted by molar-refractivity contribution is 5.76. The third kappa shape index (κ3) is 5.00. The van der Waals surface area contributed by atoms with Gasteiger partial charge in [0.15, 0.2) is 0 Å². The van der Waals surface area contributed by atoms with Crippen LogP contribution in [0.25, 0.3) is 11.3 Å². The summed E-state index contributed by atoms with van der Waals surface area (Å²) in [5.74, 6) is -0.805. The molecule has 4 heterocycles. The zero-order chi connectivity index (χ0) is 24.6. The third-order valence-electron chi connectivity index (χ3n) is 7.26. The van der Waals surface area contributed by atoms with Crippen LogP contribution in [0.3, 0.4) is 0 Å². The van der Waals surface area contributed by atoms with Crippen molar-refractivity contribution < 1.29 is 13.6 Å². The number of aromatic nitrogens is 3. The first-order chi connectivity index (χ1) is 16.8. The first-order valence-corrected chi connectivity index (χ1v) is 12.3. The van der Waals surface area contributed by atoms with E-state index in [0.717, 1.165) is 47.6 Å². The van der Waals surface area contributed by atoms with Crippen molar-refractivity contribution in [2.24, 2.45) is 0 Å². The van der Waals surface area contributed by atoms with E-state index in [1.807, 2.05) is 35.8 Å².